The SMILES string of the molecule is Cc1nc([C@H]2C[C@@H](n3cc(-c4cscn4)nn3)[C@@H](O)C(CO)O2)n(-c2cc(Cl)ccc2Br)n1. The van der Waals surface area contributed by atoms with Gasteiger partial charge in [-0.2, -0.15) is 5.10 Å². The summed E-state index contributed by atoms with van der Waals surface area (Å²) in [5.41, 5.74) is 3.74. The van der Waals surface area contributed by atoms with Crippen molar-refractivity contribution in [3.8, 4) is 17.1 Å². The van der Waals surface area contributed by atoms with E-state index in [9.17, 15) is 10.2 Å². The van der Waals surface area contributed by atoms with Crippen molar-refractivity contribution >= 4 is 38.9 Å². The van der Waals surface area contributed by atoms with Crippen molar-refractivity contribution in [3.05, 3.63) is 56.4 Å². The standard InChI is InChI=1S/C20H19BrClN7O3S/c1-10-24-20(29(26-10)15-4-11(22)2-3-12(15)21)17-5-16(19(31)18(7-30)32-17)28-6-13(25-27-28)14-8-33-9-23-14/h2-4,6,8-9,16-19,30-31H,5,7H2,1H3/t16-,17-,18?,19-/m1/s1. The number of aliphatic hydroxyl groups excluding tert-OH is 2. The molecule has 172 valence electrons. The van der Waals surface area contributed by atoms with Gasteiger partial charge in [-0.1, -0.05) is 16.8 Å². The lowest BCUT2D eigenvalue weighted by Gasteiger charge is -2.38. The largest absolute Gasteiger partial charge is 0.394 e. The van der Waals surface area contributed by atoms with E-state index in [2.05, 4.69) is 41.3 Å². The van der Waals surface area contributed by atoms with E-state index < -0.39 is 24.4 Å². The molecule has 4 aromatic rings. The molecular formula is C20H19BrClN7O3S. The summed E-state index contributed by atoms with van der Waals surface area (Å²) in [5, 5.41) is 36.2. The number of thiazole rings is 1. The van der Waals surface area contributed by atoms with Crippen molar-refractivity contribution in [2.45, 2.75) is 37.7 Å². The molecule has 5 rings (SSSR count). The molecule has 1 aliphatic heterocycles. The number of rotatable bonds is 5. The maximum Gasteiger partial charge on any atom is 0.161 e. The number of benzene rings is 1. The highest BCUT2D eigenvalue weighted by molar-refractivity contribution is 9.10. The van der Waals surface area contributed by atoms with Gasteiger partial charge in [0.15, 0.2) is 5.82 Å². The zero-order valence-corrected chi connectivity index (χ0v) is 20.4. The topological polar surface area (TPSA) is 124 Å². The van der Waals surface area contributed by atoms with Crippen molar-refractivity contribution in [1.29, 1.82) is 0 Å². The molecule has 1 unspecified atom stereocenters. The lowest BCUT2D eigenvalue weighted by Crippen LogP contribution is -2.45. The van der Waals surface area contributed by atoms with Crippen LogP contribution in [0.2, 0.25) is 5.02 Å². The molecule has 0 saturated carbocycles. The minimum absolute atomic E-state index is 0.341. The fourth-order valence-electron chi connectivity index (χ4n) is 3.90. The van der Waals surface area contributed by atoms with E-state index in [1.165, 1.54) is 11.3 Å². The Hall–Kier alpha value is -2.22. The Bertz CT molecular complexity index is 1260. The highest BCUT2D eigenvalue weighted by atomic mass is 79.9. The summed E-state index contributed by atoms with van der Waals surface area (Å²) in [6, 6.07) is 4.88. The van der Waals surface area contributed by atoms with Crippen LogP contribution in [-0.2, 0) is 4.74 Å². The quantitative estimate of drug-likeness (QED) is 0.387. The van der Waals surface area contributed by atoms with Crippen molar-refractivity contribution in [3.63, 3.8) is 0 Å². The molecule has 0 radical (unpaired) electrons. The zero-order valence-electron chi connectivity index (χ0n) is 17.3. The molecule has 4 atom stereocenters. The Labute approximate surface area is 206 Å². The second-order valence-electron chi connectivity index (χ2n) is 7.62. The molecule has 0 bridgehead atoms. The van der Waals surface area contributed by atoms with E-state index in [-0.39, 0.29) is 6.61 Å². The molecule has 4 heterocycles. The van der Waals surface area contributed by atoms with Gasteiger partial charge in [-0.05, 0) is 41.1 Å². The Morgan fingerprint density at radius 2 is 2.18 bits per heavy atom. The third-order valence-corrected chi connectivity index (χ3v) is 6.95. The van der Waals surface area contributed by atoms with Gasteiger partial charge in [0.1, 0.15) is 35.5 Å². The van der Waals surface area contributed by atoms with Gasteiger partial charge in [0.2, 0.25) is 0 Å². The number of aromatic nitrogens is 7. The Morgan fingerprint density at radius 1 is 1.33 bits per heavy atom. The number of nitrogens with zero attached hydrogens (tertiary/aromatic N) is 7. The van der Waals surface area contributed by atoms with Gasteiger partial charge in [0.05, 0.1) is 30.0 Å². The zero-order chi connectivity index (χ0) is 23.1. The molecule has 1 fully saturated rings. The molecule has 2 N–H and O–H groups in total. The first-order chi connectivity index (χ1) is 15.9. The smallest absolute Gasteiger partial charge is 0.161 e. The summed E-state index contributed by atoms with van der Waals surface area (Å²) in [6.07, 6.45) is -0.327. The van der Waals surface area contributed by atoms with Crippen molar-refractivity contribution in [2.24, 2.45) is 0 Å². The van der Waals surface area contributed by atoms with Crippen LogP contribution in [-0.4, -0.2) is 63.8 Å². The summed E-state index contributed by atoms with van der Waals surface area (Å²) in [5.74, 6) is 1.08. The van der Waals surface area contributed by atoms with E-state index in [4.69, 9.17) is 16.3 Å². The summed E-state index contributed by atoms with van der Waals surface area (Å²) >= 11 is 11.2. The first-order valence-corrected chi connectivity index (χ1v) is 12.2. The van der Waals surface area contributed by atoms with Gasteiger partial charge < -0.3 is 14.9 Å². The number of aryl methyl sites for hydroxylation is 1. The summed E-state index contributed by atoms with van der Waals surface area (Å²) < 4.78 is 10.1. The molecule has 33 heavy (non-hydrogen) atoms. The van der Waals surface area contributed by atoms with Crippen molar-refractivity contribution < 1.29 is 14.9 Å². The normalized spacial score (nSPS) is 23.2. The Kier molecular flexibility index (Phi) is 6.29. The molecule has 1 saturated heterocycles. The minimum Gasteiger partial charge on any atom is -0.394 e. The highest BCUT2D eigenvalue weighted by Gasteiger charge is 2.41. The van der Waals surface area contributed by atoms with E-state index in [1.807, 2.05) is 11.4 Å². The van der Waals surface area contributed by atoms with Gasteiger partial charge in [0, 0.05) is 21.3 Å². The Balaban J connectivity index is 1.52. The fourth-order valence-corrected chi connectivity index (χ4v) is 5.02. The number of hydrogen-bond acceptors (Lipinski definition) is 9. The van der Waals surface area contributed by atoms with Crippen LogP contribution in [0.4, 0.5) is 0 Å². The van der Waals surface area contributed by atoms with E-state index in [0.717, 1.165) is 4.47 Å². The predicted octanol–water partition coefficient (Wildman–Crippen LogP) is 3.13. The third kappa shape index (κ3) is 4.34. The second kappa shape index (κ2) is 9.20. The molecule has 0 amide bonds. The summed E-state index contributed by atoms with van der Waals surface area (Å²) in [4.78, 5) is 8.85. The maximum absolute atomic E-state index is 10.9. The van der Waals surface area contributed by atoms with Crippen molar-refractivity contribution in [1.82, 2.24) is 34.7 Å². The van der Waals surface area contributed by atoms with Gasteiger partial charge in [-0.15, -0.1) is 16.4 Å². The average molecular weight is 553 g/mol. The van der Waals surface area contributed by atoms with Crippen LogP contribution in [0.1, 0.15) is 30.2 Å². The van der Waals surface area contributed by atoms with Crippen molar-refractivity contribution in [2.75, 3.05) is 6.61 Å². The first kappa shape index (κ1) is 22.6. The van der Waals surface area contributed by atoms with Gasteiger partial charge in [0.25, 0.3) is 0 Å². The van der Waals surface area contributed by atoms with Crippen LogP contribution in [0.25, 0.3) is 17.1 Å². The number of halogens is 2. The van der Waals surface area contributed by atoms with E-state index >= 15 is 0 Å². The van der Waals surface area contributed by atoms with Gasteiger partial charge in [-0.3, -0.25) is 0 Å². The molecule has 13 heteroatoms. The van der Waals surface area contributed by atoms with Crippen LogP contribution >= 0.6 is 38.9 Å². The molecule has 0 aliphatic carbocycles. The molecule has 0 spiro atoms. The fraction of sp³-hybridized carbons (Fsp3) is 0.350. The van der Waals surface area contributed by atoms with Crippen LogP contribution < -0.4 is 0 Å². The third-order valence-electron chi connectivity index (χ3n) is 5.46. The lowest BCUT2D eigenvalue weighted by molar-refractivity contribution is -0.161. The van der Waals surface area contributed by atoms with E-state index in [0.29, 0.717) is 40.2 Å². The number of hydrogen-bond donors (Lipinski definition) is 2. The van der Waals surface area contributed by atoms with Crippen LogP contribution in [0, 0.1) is 6.92 Å². The minimum atomic E-state index is -0.994. The second-order valence-corrected chi connectivity index (χ2v) is 9.63. The molecule has 3 aromatic heterocycles. The average Bonchev–Trinajstić information content (AvgIpc) is 3.56. The number of aliphatic hydroxyl groups is 2. The van der Waals surface area contributed by atoms with Gasteiger partial charge in [-0.25, -0.2) is 19.3 Å². The van der Waals surface area contributed by atoms with Crippen LogP contribution in [0.5, 0.6) is 0 Å². The van der Waals surface area contributed by atoms with Crippen LogP contribution in [0.3, 0.4) is 0 Å². The molecular weight excluding hydrogens is 534 g/mol. The van der Waals surface area contributed by atoms with Crippen LogP contribution in [0.15, 0.2) is 39.8 Å². The Morgan fingerprint density at radius 3 is 2.94 bits per heavy atom. The lowest BCUT2D eigenvalue weighted by atomic mass is 9.95. The van der Waals surface area contributed by atoms with E-state index in [1.54, 1.807) is 40.1 Å². The highest BCUT2D eigenvalue weighted by Crippen LogP contribution is 2.38. The molecule has 1 aromatic carbocycles. The maximum atomic E-state index is 10.9. The molecule has 10 nitrogen and oxygen atoms in total. The number of ether oxygens (including phenoxy) is 1. The molecule has 1 aliphatic rings. The monoisotopic (exact) mass is 551 g/mol. The van der Waals surface area contributed by atoms with Gasteiger partial charge >= 0.3 is 0 Å². The summed E-state index contributed by atoms with van der Waals surface area (Å²) in [6.45, 7) is 1.42. The summed E-state index contributed by atoms with van der Waals surface area (Å²) in [7, 11) is 0. The first-order valence-electron chi connectivity index (χ1n) is 10.1. The predicted molar refractivity (Wildman–Crippen MR) is 124 cm³/mol.